The van der Waals surface area contributed by atoms with E-state index in [0.717, 1.165) is 19.3 Å². The van der Waals surface area contributed by atoms with Crippen molar-refractivity contribution in [3.63, 3.8) is 0 Å². The van der Waals surface area contributed by atoms with Gasteiger partial charge in [0, 0.05) is 22.7 Å². The highest BCUT2D eigenvalue weighted by molar-refractivity contribution is 6.30. The van der Waals surface area contributed by atoms with E-state index in [1.165, 1.54) is 11.1 Å². The molecule has 0 fully saturated rings. The van der Waals surface area contributed by atoms with Crippen molar-refractivity contribution in [2.75, 3.05) is 5.32 Å². The molecule has 1 atom stereocenters. The van der Waals surface area contributed by atoms with Gasteiger partial charge in [0.15, 0.2) is 0 Å². The molecule has 7 heteroatoms. The number of halogens is 1. The van der Waals surface area contributed by atoms with Crippen LogP contribution in [0, 0.1) is 0 Å². The first-order valence-corrected chi connectivity index (χ1v) is 9.57. The van der Waals surface area contributed by atoms with Crippen molar-refractivity contribution in [3.05, 3.63) is 64.2 Å². The average Bonchev–Trinajstić information content (AvgIpc) is 3.13. The predicted octanol–water partition coefficient (Wildman–Crippen LogP) is 2.83. The molecule has 1 aliphatic rings. The first-order chi connectivity index (χ1) is 13.4. The summed E-state index contributed by atoms with van der Waals surface area (Å²) in [5.41, 5.74) is 8.80. The van der Waals surface area contributed by atoms with Crippen molar-refractivity contribution in [2.45, 2.75) is 38.1 Å². The fraction of sp³-hybridized carbons (Fsp3) is 0.286. The van der Waals surface area contributed by atoms with Gasteiger partial charge in [0.1, 0.15) is 6.04 Å². The first kappa shape index (κ1) is 19.9. The van der Waals surface area contributed by atoms with Gasteiger partial charge in [-0.25, -0.2) is 0 Å². The topological polar surface area (TPSA) is 101 Å². The van der Waals surface area contributed by atoms with E-state index in [2.05, 4.69) is 10.6 Å². The van der Waals surface area contributed by atoms with Gasteiger partial charge in [-0.3, -0.25) is 14.4 Å². The van der Waals surface area contributed by atoms with Gasteiger partial charge >= 0.3 is 0 Å². The van der Waals surface area contributed by atoms with E-state index in [9.17, 15) is 14.4 Å². The summed E-state index contributed by atoms with van der Waals surface area (Å²) in [6.45, 7) is 0. The molecular weight excluding hydrogens is 378 g/mol. The van der Waals surface area contributed by atoms with Crippen LogP contribution in [0.3, 0.4) is 0 Å². The summed E-state index contributed by atoms with van der Waals surface area (Å²) in [7, 11) is 0. The molecule has 0 radical (unpaired) electrons. The molecule has 28 heavy (non-hydrogen) atoms. The van der Waals surface area contributed by atoms with E-state index in [4.69, 9.17) is 17.3 Å². The summed E-state index contributed by atoms with van der Waals surface area (Å²) < 4.78 is 0. The molecule has 0 aliphatic heterocycles. The van der Waals surface area contributed by atoms with Crippen LogP contribution in [0.1, 0.15) is 40.7 Å². The molecule has 0 saturated heterocycles. The Morgan fingerprint density at radius 1 is 1.04 bits per heavy atom. The third-order valence-electron chi connectivity index (χ3n) is 4.77. The molecule has 0 bridgehead atoms. The Morgan fingerprint density at radius 3 is 2.46 bits per heavy atom. The zero-order chi connectivity index (χ0) is 20.1. The Balaban J connectivity index is 1.70. The molecule has 0 unspecified atom stereocenters. The van der Waals surface area contributed by atoms with Crippen LogP contribution in [-0.2, 0) is 22.4 Å². The van der Waals surface area contributed by atoms with Gasteiger partial charge in [-0.15, -0.1) is 0 Å². The van der Waals surface area contributed by atoms with E-state index < -0.39 is 17.9 Å². The Kier molecular flexibility index (Phi) is 6.31. The van der Waals surface area contributed by atoms with Gasteiger partial charge in [0.2, 0.25) is 11.8 Å². The molecule has 3 rings (SSSR count). The lowest BCUT2D eigenvalue weighted by atomic mass is 10.1. The van der Waals surface area contributed by atoms with Crippen LogP contribution in [-0.4, -0.2) is 23.8 Å². The highest BCUT2D eigenvalue weighted by Crippen LogP contribution is 2.25. The number of amides is 3. The van der Waals surface area contributed by atoms with Crippen molar-refractivity contribution in [3.8, 4) is 0 Å². The smallest absolute Gasteiger partial charge is 0.251 e. The Morgan fingerprint density at radius 2 is 1.75 bits per heavy atom. The molecule has 4 N–H and O–H groups in total. The minimum absolute atomic E-state index is 0.0107. The zero-order valence-corrected chi connectivity index (χ0v) is 16.1. The number of benzene rings is 2. The second kappa shape index (κ2) is 8.89. The lowest BCUT2D eigenvalue weighted by Gasteiger charge is -2.18. The van der Waals surface area contributed by atoms with E-state index in [1.807, 2.05) is 18.2 Å². The Labute approximate surface area is 168 Å². The summed E-state index contributed by atoms with van der Waals surface area (Å²) in [4.78, 5) is 36.4. The second-order valence-electron chi connectivity index (χ2n) is 6.86. The van der Waals surface area contributed by atoms with Crippen molar-refractivity contribution in [2.24, 2.45) is 5.73 Å². The van der Waals surface area contributed by atoms with Gasteiger partial charge in [0.25, 0.3) is 5.91 Å². The van der Waals surface area contributed by atoms with Crippen LogP contribution in [0.15, 0.2) is 42.5 Å². The number of nitrogens with one attached hydrogen (secondary N) is 2. The maximum Gasteiger partial charge on any atom is 0.251 e. The molecule has 0 aromatic heterocycles. The van der Waals surface area contributed by atoms with E-state index in [-0.39, 0.29) is 18.7 Å². The number of carbonyl (C=O) groups excluding carboxylic acids is 3. The van der Waals surface area contributed by atoms with Gasteiger partial charge < -0.3 is 16.4 Å². The third kappa shape index (κ3) is 5.10. The number of primary amides is 1. The van der Waals surface area contributed by atoms with Crippen LogP contribution in [0.5, 0.6) is 0 Å². The highest BCUT2D eigenvalue weighted by Gasteiger charge is 2.23. The van der Waals surface area contributed by atoms with Crippen LogP contribution in [0.25, 0.3) is 0 Å². The van der Waals surface area contributed by atoms with Crippen molar-refractivity contribution in [1.82, 2.24) is 5.32 Å². The minimum Gasteiger partial charge on any atom is -0.370 e. The summed E-state index contributed by atoms with van der Waals surface area (Å²) in [6.07, 6.45) is 3.28. The minimum atomic E-state index is -0.885. The van der Waals surface area contributed by atoms with Crippen LogP contribution in [0.2, 0.25) is 5.02 Å². The lowest BCUT2D eigenvalue weighted by Crippen LogP contribution is -2.44. The van der Waals surface area contributed by atoms with E-state index in [0.29, 0.717) is 16.3 Å². The number of rotatable bonds is 7. The van der Waals surface area contributed by atoms with E-state index >= 15 is 0 Å². The standard InChI is InChI=1S/C21H22ClN3O3/c22-16-7-4-14(5-8-16)20(27)25-18(10-11-19(23)26)21(28)24-17-9-6-13-2-1-3-15(13)12-17/h4-9,12,18H,1-3,10-11H2,(H2,23,26)(H,24,28)(H,25,27)/t18-/m0/s1. The molecule has 3 amide bonds. The number of hydrogen-bond acceptors (Lipinski definition) is 3. The molecular formula is C21H22ClN3O3. The maximum atomic E-state index is 12.7. The van der Waals surface area contributed by atoms with Gasteiger partial charge in [-0.2, -0.15) is 0 Å². The summed E-state index contributed by atoms with van der Waals surface area (Å²) in [5, 5.41) is 6.02. The van der Waals surface area contributed by atoms with Crippen LogP contribution < -0.4 is 16.4 Å². The quantitative estimate of drug-likeness (QED) is 0.667. The van der Waals surface area contributed by atoms with Gasteiger partial charge in [-0.1, -0.05) is 17.7 Å². The molecule has 6 nitrogen and oxygen atoms in total. The number of hydrogen-bond donors (Lipinski definition) is 3. The molecule has 2 aromatic carbocycles. The molecule has 0 spiro atoms. The third-order valence-corrected chi connectivity index (χ3v) is 5.03. The summed E-state index contributed by atoms with van der Waals surface area (Å²) >= 11 is 5.84. The molecule has 146 valence electrons. The first-order valence-electron chi connectivity index (χ1n) is 9.20. The fourth-order valence-corrected chi connectivity index (χ4v) is 3.40. The zero-order valence-electron chi connectivity index (χ0n) is 15.3. The molecule has 0 saturated carbocycles. The SMILES string of the molecule is NC(=O)CC[C@H](NC(=O)c1ccc(Cl)cc1)C(=O)Nc1ccc2c(c1)CCC2. The number of carbonyl (C=O) groups is 3. The van der Waals surface area contributed by atoms with E-state index in [1.54, 1.807) is 24.3 Å². The largest absolute Gasteiger partial charge is 0.370 e. The highest BCUT2D eigenvalue weighted by atomic mass is 35.5. The Hall–Kier alpha value is -2.86. The number of nitrogens with two attached hydrogens (primary N) is 1. The molecule has 1 aliphatic carbocycles. The monoisotopic (exact) mass is 399 g/mol. The summed E-state index contributed by atoms with van der Waals surface area (Å²) in [6, 6.07) is 11.3. The number of aryl methyl sites for hydroxylation is 2. The normalized spacial score (nSPS) is 13.5. The maximum absolute atomic E-state index is 12.7. The van der Waals surface area contributed by atoms with Crippen molar-refractivity contribution in [1.29, 1.82) is 0 Å². The van der Waals surface area contributed by atoms with Gasteiger partial charge in [0.05, 0.1) is 0 Å². The number of anilines is 1. The summed E-state index contributed by atoms with van der Waals surface area (Å²) in [5.74, 6) is -1.34. The van der Waals surface area contributed by atoms with Crippen molar-refractivity contribution < 1.29 is 14.4 Å². The average molecular weight is 400 g/mol. The fourth-order valence-electron chi connectivity index (χ4n) is 3.28. The second-order valence-corrected chi connectivity index (χ2v) is 7.30. The Bertz CT molecular complexity index is 896. The van der Waals surface area contributed by atoms with Gasteiger partial charge in [-0.05, 0) is 73.2 Å². The molecule has 0 heterocycles. The number of fused-ring (bicyclic) bond motifs is 1. The predicted molar refractivity (Wildman–Crippen MR) is 108 cm³/mol. The van der Waals surface area contributed by atoms with Crippen molar-refractivity contribution >= 4 is 35.0 Å². The molecule has 2 aromatic rings. The lowest BCUT2D eigenvalue weighted by molar-refractivity contribution is -0.119. The van der Waals surface area contributed by atoms with Crippen LogP contribution >= 0.6 is 11.6 Å². The van der Waals surface area contributed by atoms with Crippen LogP contribution in [0.4, 0.5) is 5.69 Å².